The van der Waals surface area contributed by atoms with Crippen LogP contribution in [0.15, 0.2) is 256 Å². The molecule has 23 rings (SSSR count). The molecule has 37 heteroatoms. The molecule has 676 valence electrons. The smallest absolute Gasteiger partial charge is 0.358 e. The van der Waals surface area contributed by atoms with Crippen molar-refractivity contribution in [2.45, 2.75) is 94.7 Å². The number of nitrogens with one attached hydrogen (secondary N) is 10. The van der Waals surface area contributed by atoms with Gasteiger partial charge in [-0.25, -0.2) is 66.6 Å². The van der Waals surface area contributed by atoms with E-state index >= 15 is 0 Å². The number of carbonyl (C=O) groups is 1. The number of nitrogens with two attached hydrogens (primary N) is 1. The van der Waals surface area contributed by atoms with Crippen LogP contribution in [-0.2, 0) is 19.6 Å². The van der Waals surface area contributed by atoms with E-state index in [-0.39, 0.29) is 7.12 Å². The van der Waals surface area contributed by atoms with E-state index in [1.165, 1.54) is 29.5 Å². The monoisotopic (exact) mass is 1810 g/mol. The number of nitrogens with zero attached hydrogens (tertiary/aromatic N) is 23. The van der Waals surface area contributed by atoms with Crippen LogP contribution in [0.25, 0.3) is 117 Å². The maximum Gasteiger partial charge on any atom is 0.358 e. The molecule has 0 radical (unpaired) electrons. The van der Waals surface area contributed by atoms with Gasteiger partial charge in [0.2, 0.25) is 0 Å². The number of anilines is 1. The van der Waals surface area contributed by atoms with E-state index in [1.54, 1.807) is 43.9 Å². The molecule has 4 saturated heterocycles. The standard InChI is InChI=1S/C31H27N11.C28H25ClN6.C28H28N8.C7H12N4.C3H3N3O2.H2N2.H2/c1-2-4-21(5-3-1)24-16-25-26(12-15-42-30(25)38-39-31(42)27-17-33-40-36-27)35-28(24)22-8-6-20(7-9-22)18-41-13-10-23(11-14-41)29-32-19-34-37-29;29-27-24-16-23(20-4-2-1-3-5-20)26(33-25(24)10-13-30-27)21-8-6-19(7-9-21)17-35-14-11-22(12-15-35)28-31-18-32-34-28;29-34-28-24-16-23(20-4-2-1-3-5-20)26(33-25(24)10-13-30-28)21-8-6-19(7-9-21)17-36-14-11-22(12-15-36)27-31-18-32-35-27;1-3-8-4-2-6(1)7-9-5-10-11-7;7-3(8)2-1-4-6-5-2;1-2;/h1-9,12,15-17,19,23H,10-11,13-14,18H2,(H,32,34,37)(H,33,36,40);1-10,13,16,18,22H,11-12,14-15,17H2,(H,31,32,34);1-10,13,16,18,22H,11-12,14-15,17,29H2,(H,30,34)(H,31,32,35);5-6,8H,1-4H2,(H,9,10,11);1H,(H,7,8)(H,4,5,6);1-2H;1H. The predicted octanol–water partition coefficient (Wildman–Crippen LogP) is 16.4. The first-order valence-corrected chi connectivity index (χ1v) is 44.8. The molecule has 0 amide bonds. The number of piperidine rings is 4. The molecule has 0 bridgehead atoms. The van der Waals surface area contributed by atoms with E-state index in [0.29, 0.717) is 46.2 Å². The average molecular weight is 1810 g/mol. The van der Waals surface area contributed by atoms with Crippen molar-refractivity contribution in [1.82, 2.24) is 151 Å². The van der Waals surface area contributed by atoms with Crippen molar-refractivity contribution < 1.29 is 11.3 Å². The second-order valence-electron chi connectivity index (χ2n) is 33.0. The van der Waals surface area contributed by atoms with E-state index in [1.807, 2.05) is 71.3 Å². The molecule has 19 aromatic rings. The summed E-state index contributed by atoms with van der Waals surface area (Å²) in [7, 11) is 0. The molecule has 4 aliphatic heterocycles. The molecule has 0 atom stereocenters. The minimum Gasteiger partial charge on any atom is -0.476 e. The lowest BCUT2D eigenvalue weighted by atomic mass is 9.95. The summed E-state index contributed by atoms with van der Waals surface area (Å²) in [6.45, 7) is 11.4. The fourth-order valence-electron chi connectivity index (χ4n) is 17.7. The summed E-state index contributed by atoms with van der Waals surface area (Å²) in [4.78, 5) is 58.5. The maximum atomic E-state index is 9.94. The van der Waals surface area contributed by atoms with Crippen LogP contribution in [-0.4, -0.2) is 209 Å². The highest BCUT2D eigenvalue weighted by Gasteiger charge is 2.28. The van der Waals surface area contributed by atoms with E-state index in [0.717, 1.165) is 246 Å². The number of hydrogen-bond donors (Lipinski definition) is 12. The molecule has 17 heterocycles. The second-order valence-corrected chi connectivity index (χ2v) is 33.4. The minimum absolute atomic E-state index is 0. The molecule has 0 saturated carbocycles. The number of pyridine rings is 6. The first kappa shape index (κ1) is 88.9. The number of nitrogen functional groups attached to an aromatic ring is 1. The molecule has 0 spiro atoms. The molecular formula is C97H99ClN34O2. The van der Waals surface area contributed by atoms with Crippen LogP contribution >= 0.6 is 11.6 Å². The number of aromatic carboxylic acids is 1. The number of fused-ring (bicyclic) bond motifs is 5. The van der Waals surface area contributed by atoms with E-state index in [4.69, 9.17) is 48.6 Å². The van der Waals surface area contributed by atoms with Gasteiger partial charge in [-0.05, 0) is 174 Å². The largest absolute Gasteiger partial charge is 0.476 e. The van der Waals surface area contributed by atoms with Crippen LogP contribution in [0.2, 0.25) is 5.15 Å². The number of hydrazine groups is 1. The molecular weight excluding hydrogens is 1710 g/mol. The Labute approximate surface area is 775 Å². The number of halogens is 1. The predicted molar refractivity (Wildman–Crippen MR) is 511 cm³/mol. The lowest BCUT2D eigenvalue weighted by Crippen LogP contribution is -2.32. The van der Waals surface area contributed by atoms with Crippen LogP contribution in [0.4, 0.5) is 5.82 Å². The van der Waals surface area contributed by atoms with Crippen LogP contribution in [0.1, 0.15) is 127 Å². The number of benzene rings is 6. The van der Waals surface area contributed by atoms with Crippen molar-refractivity contribution in [3.63, 3.8) is 0 Å². The minimum atomic E-state index is -1.07. The highest BCUT2D eigenvalue weighted by atomic mass is 35.5. The van der Waals surface area contributed by atoms with Crippen molar-refractivity contribution in [1.29, 1.82) is 11.1 Å². The summed E-state index contributed by atoms with van der Waals surface area (Å²) < 4.78 is 1.93. The van der Waals surface area contributed by atoms with E-state index in [9.17, 15) is 4.79 Å². The Hall–Kier alpha value is -15.7. The Balaban J connectivity index is 0.000000127. The summed E-state index contributed by atoms with van der Waals surface area (Å²) >= 11 is 6.40. The first-order valence-electron chi connectivity index (χ1n) is 44.4. The number of likely N-dealkylation sites (tertiary alicyclic amines) is 3. The van der Waals surface area contributed by atoms with Crippen molar-refractivity contribution in [3.05, 3.63) is 307 Å². The van der Waals surface area contributed by atoms with Crippen molar-refractivity contribution in [2.75, 3.05) is 57.8 Å². The van der Waals surface area contributed by atoms with Gasteiger partial charge in [-0.15, -0.1) is 15.3 Å². The molecule has 4 aliphatic rings. The van der Waals surface area contributed by atoms with Crippen molar-refractivity contribution >= 4 is 61.7 Å². The topological polar surface area (TPSA) is 489 Å². The fraction of sp³-hybridized carbons (Fsp3) is 0.237. The van der Waals surface area contributed by atoms with Gasteiger partial charge < -0.3 is 15.8 Å². The number of carboxylic acids is 1. The van der Waals surface area contributed by atoms with Gasteiger partial charge in [0.1, 0.15) is 59.6 Å². The highest BCUT2D eigenvalue weighted by molar-refractivity contribution is 6.34. The number of hydrogen-bond acceptors (Lipinski definition) is 28. The van der Waals surface area contributed by atoms with E-state index in [2.05, 4.69) is 277 Å². The number of aromatic nitrogens is 26. The molecule has 13 N–H and O–H groups in total. The Morgan fingerprint density at radius 2 is 0.821 bits per heavy atom. The number of H-pyrrole nitrogens is 6. The summed E-state index contributed by atoms with van der Waals surface area (Å²) in [6, 6.07) is 69.7. The summed E-state index contributed by atoms with van der Waals surface area (Å²) in [5, 5.41) is 70.9. The lowest BCUT2D eigenvalue weighted by molar-refractivity contribution is 0.0690. The zero-order chi connectivity index (χ0) is 91.3. The molecule has 134 heavy (non-hydrogen) atoms. The average Bonchev–Trinajstić information content (AvgIpc) is 1.67. The third kappa shape index (κ3) is 21.1. The number of aromatic amines is 6. The first-order chi connectivity index (χ1) is 66.1. The third-order valence-electron chi connectivity index (χ3n) is 24.8. The Kier molecular flexibility index (Phi) is 28.4. The zero-order valence-electron chi connectivity index (χ0n) is 73.1. The van der Waals surface area contributed by atoms with Gasteiger partial charge in [0.15, 0.2) is 22.9 Å². The van der Waals surface area contributed by atoms with Gasteiger partial charge >= 0.3 is 5.97 Å². The fourth-order valence-corrected chi connectivity index (χ4v) is 18.0. The summed E-state index contributed by atoms with van der Waals surface area (Å²) in [5.41, 5.74) is 33.0. The molecule has 13 aromatic heterocycles. The zero-order valence-corrected chi connectivity index (χ0v) is 73.8. The Morgan fingerprint density at radius 1 is 0.433 bits per heavy atom. The van der Waals surface area contributed by atoms with Gasteiger partial charge in [-0.3, -0.25) is 39.5 Å². The SMILES string of the molecule is Clc1nccc2nc(-c3ccc(CN4CCC(c5ncn[nH]5)CC4)cc3)c(-c3ccccc3)cc12.N=N.NNc1nccc2nc(-c3ccc(CN4CCC(c5ncn[nH]5)CC4)cc3)c(-c3ccccc3)cc12.O=C(O)c1cn[nH]n1.[HH].c1ccc(-c2cc3c(ccn4c(-c5cn[nH]n5)nnc34)nc2-c2ccc(CN3CCC(c4ncn[nH]4)CC3)cc2)cc1.c1n[nH]c(C2CCNCC2)n1. The number of carboxylic acid groups (broad SMARTS) is 1. The van der Waals surface area contributed by atoms with Gasteiger partial charge in [0, 0.05) is 113 Å². The Morgan fingerprint density at radius 3 is 1.20 bits per heavy atom. The molecule has 4 fully saturated rings. The van der Waals surface area contributed by atoms with Crippen molar-refractivity contribution in [3.8, 4) is 78.7 Å². The van der Waals surface area contributed by atoms with Crippen LogP contribution in [0.5, 0.6) is 0 Å². The van der Waals surface area contributed by atoms with Crippen LogP contribution < -0.4 is 16.6 Å². The second kappa shape index (κ2) is 42.9. The van der Waals surface area contributed by atoms with Gasteiger partial charge in [0.05, 0.1) is 46.0 Å². The van der Waals surface area contributed by atoms with Gasteiger partial charge in [-0.2, -0.15) is 46.1 Å². The van der Waals surface area contributed by atoms with Crippen molar-refractivity contribution in [2.24, 2.45) is 5.84 Å². The molecule has 36 nitrogen and oxygen atoms in total. The molecule has 6 aromatic carbocycles. The molecule has 0 aliphatic carbocycles. The highest BCUT2D eigenvalue weighted by Crippen LogP contribution is 2.41. The summed E-state index contributed by atoms with van der Waals surface area (Å²) in [6.07, 6.45) is 23.5. The lowest BCUT2D eigenvalue weighted by Gasteiger charge is -2.30. The van der Waals surface area contributed by atoms with Crippen LogP contribution in [0.3, 0.4) is 0 Å². The van der Waals surface area contributed by atoms with Gasteiger partial charge in [0.25, 0.3) is 0 Å². The quantitative estimate of drug-likeness (QED) is 0.0155. The van der Waals surface area contributed by atoms with Crippen LogP contribution in [0, 0.1) is 11.1 Å². The summed E-state index contributed by atoms with van der Waals surface area (Å²) in [5.74, 6) is 12.0. The Bertz CT molecular complexity index is 6930. The van der Waals surface area contributed by atoms with E-state index < -0.39 is 5.97 Å². The normalized spacial score (nSPS) is 14.7. The number of rotatable bonds is 19. The van der Waals surface area contributed by atoms with Gasteiger partial charge in [-0.1, -0.05) is 175 Å². The third-order valence-corrected chi connectivity index (χ3v) is 25.1. The molecule has 0 unspecified atom stereocenters. The maximum absolute atomic E-state index is 9.94.